The summed E-state index contributed by atoms with van der Waals surface area (Å²) >= 11 is 0. The van der Waals surface area contributed by atoms with Gasteiger partial charge >= 0.3 is 0 Å². The first-order valence-electron chi connectivity index (χ1n) is 6.05. The summed E-state index contributed by atoms with van der Waals surface area (Å²) in [5.41, 5.74) is -0.538. The maximum absolute atomic E-state index is 10.2. The van der Waals surface area contributed by atoms with Crippen LogP contribution < -0.4 is 0 Å². The Morgan fingerprint density at radius 1 is 1.27 bits per heavy atom. The standard InChI is InChI=1S/C13H26OSi/c1-10(15(4,5)6)11-8-7-9-12(11)13(2,3)14/h11-12,14H,1,7-9H2,2-6H3. The molecule has 0 aromatic rings. The van der Waals surface area contributed by atoms with E-state index in [1.54, 1.807) is 0 Å². The van der Waals surface area contributed by atoms with Crippen molar-refractivity contribution in [2.45, 2.75) is 58.4 Å². The molecule has 2 unspecified atom stereocenters. The molecule has 0 aliphatic heterocycles. The number of rotatable bonds is 3. The van der Waals surface area contributed by atoms with Gasteiger partial charge in [0.15, 0.2) is 0 Å². The van der Waals surface area contributed by atoms with Crippen LogP contribution in [-0.4, -0.2) is 18.8 Å². The molecular formula is C13H26OSi. The summed E-state index contributed by atoms with van der Waals surface area (Å²) in [5, 5.41) is 11.6. The van der Waals surface area contributed by atoms with Crippen LogP contribution in [0.4, 0.5) is 0 Å². The Morgan fingerprint density at radius 3 is 2.20 bits per heavy atom. The molecule has 0 amide bonds. The molecule has 0 heterocycles. The molecule has 1 aliphatic carbocycles. The van der Waals surface area contributed by atoms with Crippen molar-refractivity contribution in [3.8, 4) is 0 Å². The highest BCUT2D eigenvalue weighted by atomic mass is 28.3. The van der Waals surface area contributed by atoms with E-state index >= 15 is 0 Å². The predicted octanol–water partition coefficient (Wildman–Crippen LogP) is 3.61. The molecule has 1 N–H and O–H groups in total. The van der Waals surface area contributed by atoms with E-state index in [9.17, 15) is 5.11 Å². The van der Waals surface area contributed by atoms with Crippen molar-refractivity contribution in [1.29, 1.82) is 0 Å². The Kier molecular flexibility index (Phi) is 3.51. The fourth-order valence-electron chi connectivity index (χ4n) is 2.78. The molecule has 0 aromatic heterocycles. The van der Waals surface area contributed by atoms with Crippen LogP contribution >= 0.6 is 0 Å². The number of hydrogen-bond donors (Lipinski definition) is 1. The predicted molar refractivity (Wildman–Crippen MR) is 69.6 cm³/mol. The summed E-state index contributed by atoms with van der Waals surface area (Å²) in [6.45, 7) is 15.3. The molecule has 0 spiro atoms. The van der Waals surface area contributed by atoms with E-state index < -0.39 is 13.7 Å². The zero-order valence-electron chi connectivity index (χ0n) is 10.9. The number of hydrogen-bond acceptors (Lipinski definition) is 1. The normalized spacial score (nSPS) is 28.1. The SMILES string of the molecule is C=C(C1CCCC1C(C)(C)O)[Si](C)(C)C. The van der Waals surface area contributed by atoms with E-state index in [1.807, 2.05) is 13.8 Å². The highest BCUT2D eigenvalue weighted by Gasteiger charge is 2.41. The van der Waals surface area contributed by atoms with Crippen LogP contribution in [0.5, 0.6) is 0 Å². The third-order valence-corrected chi connectivity index (χ3v) is 6.13. The van der Waals surface area contributed by atoms with Gasteiger partial charge in [0, 0.05) is 0 Å². The van der Waals surface area contributed by atoms with Gasteiger partial charge < -0.3 is 5.11 Å². The van der Waals surface area contributed by atoms with Gasteiger partial charge in [-0.3, -0.25) is 0 Å². The highest BCUT2D eigenvalue weighted by molar-refractivity contribution is 6.83. The van der Waals surface area contributed by atoms with Crippen molar-refractivity contribution >= 4 is 8.07 Å². The number of allylic oxidation sites excluding steroid dienone is 1. The highest BCUT2D eigenvalue weighted by Crippen LogP contribution is 2.44. The first-order chi connectivity index (χ1) is 6.64. The Labute approximate surface area is 95.6 Å². The summed E-state index contributed by atoms with van der Waals surface area (Å²) in [7, 11) is -1.25. The molecule has 1 saturated carbocycles. The third-order valence-electron chi connectivity index (χ3n) is 3.83. The van der Waals surface area contributed by atoms with Gasteiger partial charge in [0.1, 0.15) is 0 Å². The van der Waals surface area contributed by atoms with Crippen molar-refractivity contribution in [3.05, 3.63) is 11.8 Å². The van der Waals surface area contributed by atoms with Crippen molar-refractivity contribution in [2.24, 2.45) is 11.8 Å². The average molecular weight is 226 g/mol. The minimum Gasteiger partial charge on any atom is -0.390 e. The van der Waals surface area contributed by atoms with Gasteiger partial charge in [-0.05, 0) is 38.5 Å². The average Bonchev–Trinajstić information content (AvgIpc) is 2.47. The van der Waals surface area contributed by atoms with E-state index in [0.29, 0.717) is 11.8 Å². The topological polar surface area (TPSA) is 20.2 Å². The van der Waals surface area contributed by atoms with Gasteiger partial charge in [-0.1, -0.05) is 31.3 Å². The first-order valence-corrected chi connectivity index (χ1v) is 9.55. The molecule has 1 nitrogen and oxygen atoms in total. The molecule has 1 aliphatic rings. The van der Waals surface area contributed by atoms with Gasteiger partial charge in [-0.15, -0.1) is 6.58 Å². The lowest BCUT2D eigenvalue weighted by Crippen LogP contribution is -2.38. The van der Waals surface area contributed by atoms with Crippen LogP contribution in [0.15, 0.2) is 11.8 Å². The summed E-state index contributed by atoms with van der Waals surface area (Å²) < 4.78 is 0. The zero-order valence-corrected chi connectivity index (χ0v) is 11.9. The lowest BCUT2D eigenvalue weighted by molar-refractivity contribution is 0.00708. The Balaban J connectivity index is 2.82. The lowest BCUT2D eigenvalue weighted by Gasteiger charge is -2.35. The smallest absolute Gasteiger partial charge is 0.0720 e. The molecule has 2 heteroatoms. The summed E-state index contributed by atoms with van der Waals surface area (Å²) in [4.78, 5) is 0. The first kappa shape index (κ1) is 13.0. The Hall–Kier alpha value is -0.0831. The zero-order chi connectivity index (χ0) is 11.9. The van der Waals surface area contributed by atoms with Crippen LogP contribution in [0.2, 0.25) is 19.6 Å². The van der Waals surface area contributed by atoms with Gasteiger partial charge in [0.25, 0.3) is 0 Å². The van der Waals surface area contributed by atoms with Crippen LogP contribution in [-0.2, 0) is 0 Å². The van der Waals surface area contributed by atoms with Crippen molar-refractivity contribution in [1.82, 2.24) is 0 Å². The monoisotopic (exact) mass is 226 g/mol. The minimum absolute atomic E-state index is 0.428. The lowest BCUT2D eigenvalue weighted by atomic mass is 9.82. The van der Waals surface area contributed by atoms with Crippen molar-refractivity contribution in [3.63, 3.8) is 0 Å². The summed E-state index contributed by atoms with van der Waals surface area (Å²) in [5.74, 6) is 0.994. The molecule has 0 saturated heterocycles. The van der Waals surface area contributed by atoms with Crippen LogP contribution in [0, 0.1) is 11.8 Å². The van der Waals surface area contributed by atoms with Gasteiger partial charge in [0.2, 0.25) is 0 Å². The van der Waals surface area contributed by atoms with E-state index in [1.165, 1.54) is 18.0 Å². The molecule has 15 heavy (non-hydrogen) atoms. The molecule has 0 bridgehead atoms. The maximum atomic E-state index is 10.2. The van der Waals surface area contributed by atoms with E-state index in [2.05, 4.69) is 26.2 Å². The third kappa shape index (κ3) is 2.94. The van der Waals surface area contributed by atoms with Crippen LogP contribution in [0.25, 0.3) is 0 Å². The summed E-state index contributed by atoms with van der Waals surface area (Å²) in [6.07, 6.45) is 3.65. The quantitative estimate of drug-likeness (QED) is 0.729. The Bertz CT molecular complexity index is 244. The van der Waals surface area contributed by atoms with E-state index in [4.69, 9.17) is 0 Å². The van der Waals surface area contributed by atoms with Gasteiger partial charge in [-0.2, -0.15) is 0 Å². The second-order valence-electron chi connectivity index (χ2n) is 6.57. The molecule has 0 radical (unpaired) electrons. The molecule has 1 rings (SSSR count). The second-order valence-corrected chi connectivity index (χ2v) is 11.7. The molecule has 88 valence electrons. The molecule has 2 atom stereocenters. The summed E-state index contributed by atoms with van der Waals surface area (Å²) in [6, 6.07) is 0. The minimum atomic E-state index is -1.25. The second kappa shape index (κ2) is 4.06. The van der Waals surface area contributed by atoms with Crippen molar-refractivity contribution < 1.29 is 5.11 Å². The van der Waals surface area contributed by atoms with Gasteiger partial charge in [0.05, 0.1) is 13.7 Å². The van der Waals surface area contributed by atoms with Crippen LogP contribution in [0.1, 0.15) is 33.1 Å². The fraction of sp³-hybridized carbons (Fsp3) is 0.846. The van der Waals surface area contributed by atoms with Crippen molar-refractivity contribution in [2.75, 3.05) is 0 Å². The fourth-order valence-corrected chi connectivity index (χ4v) is 4.24. The Morgan fingerprint density at radius 2 is 1.80 bits per heavy atom. The molecular weight excluding hydrogens is 200 g/mol. The maximum Gasteiger partial charge on any atom is 0.0720 e. The number of aliphatic hydroxyl groups is 1. The molecule has 0 aromatic carbocycles. The van der Waals surface area contributed by atoms with E-state index in [-0.39, 0.29) is 0 Å². The van der Waals surface area contributed by atoms with Gasteiger partial charge in [-0.25, -0.2) is 0 Å². The van der Waals surface area contributed by atoms with Crippen LogP contribution in [0.3, 0.4) is 0 Å². The van der Waals surface area contributed by atoms with E-state index in [0.717, 1.165) is 6.42 Å². The largest absolute Gasteiger partial charge is 0.390 e. The molecule has 1 fully saturated rings.